The molecule has 4 nitrogen and oxygen atoms in total. The Hall–Kier alpha value is -1.24. The van der Waals surface area contributed by atoms with Gasteiger partial charge in [-0.3, -0.25) is 4.79 Å². The van der Waals surface area contributed by atoms with Crippen molar-refractivity contribution in [2.45, 2.75) is 38.6 Å². The van der Waals surface area contributed by atoms with E-state index in [9.17, 15) is 4.79 Å². The van der Waals surface area contributed by atoms with Crippen molar-refractivity contribution < 1.29 is 14.3 Å². The molecule has 1 saturated carbocycles. The van der Waals surface area contributed by atoms with Crippen LogP contribution in [0.25, 0.3) is 6.08 Å². The largest absolute Gasteiger partial charge is 0.493 e. The van der Waals surface area contributed by atoms with Gasteiger partial charge in [-0.25, -0.2) is 0 Å². The molecule has 24 heavy (non-hydrogen) atoms. The van der Waals surface area contributed by atoms with Crippen LogP contribution in [0.4, 0.5) is 0 Å². The minimum absolute atomic E-state index is 0.0289. The van der Waals surface area contributed by atoms with Gasteiger partial charge < -0.3 is 14.8 Å². The lowest BCUT2D eigenvalue weighted by Gasteiger charge is -2.26. The fraction of sp³-hybridized carbons (Fsp3) is 0.526. The molecule has 0 heterocycles. The summed E-state index contributed by atoms with van der Waals surface area (Å²) in [6.07, 6.45) is 7.97. The van der Waals surface area contributed by atoms with E-state index in [0.29, 0.717) is 18.4 Å². The molecule has 0 unspecified atom stereocenters. The number of amides is 1. The van der Waals surface area contributed by atoms with Gasteiger partial charge in [0.1, 0.15) is 0 Å². The van der Waals surface area contributed by atoms with Crippen molar-refractivity contribution in [1.29, 1.82) is 0 Å². The van der Waals surface area contributed by atoms with Crippen molar-refractivity contribution in [1.82, 2.24) is 5.32 Å². The third-order valence-corrected chi connectivity index (χ3v) is 4.75. The summed E-state index contributed by atoms with van der Waals surface area (Å²) >= 11 is 2.27. The molecule has 0 aromatic heterocycles. The minimum atomic E-state index is -0.0289. The molecule has 1 N–H and O–H groups in total. The zero-order valence-electron chi connectivity index (χ0n) is 14.4. The number of nitrogens with one attached hydrogen (secondary N) is 1. The van der Waals surface area contributed by atoms with E-state index in [1.807, 2.05) is 24.3 Å². The number of hydrogen-bond donors (Lipinski definition) is 1. The zero-order chi connectivity index (χ0) is 17.4. The number of alkyl halides is 1. The van der Waals surface area contributed by atoms with E-state index in [1.54, 1.807) is 13.2 Å². The van der Waals surface area contributed by atoms with Crippen LogP contribution in [0.1, 0.15) is 38.2 Å². The fourth-order valence-electron chi connectivity index (χ4n) is 2.88. The number of methoxy groups -OCH3 is 1. The van der Waals surface area contributed by atoms with Crippen molar-refractivity contribution in [2.75, 3.05) is 18.1 Å². The van der Waals surface area contributed by atoms with E-state index in [0.717, 1.165) is 34.5 Å². The van der Waals surface area contributed by atoms with Crippen LogP contribution in [0.3, 0.4) is 0 Å². The third-order valence-electron chi connectivity index (χ3n) is 4.31. The Morgan fingerprint density at radius 3 is 2.71 bits per heavy atom. The van der Waals surface area contributed by atoms with Gasteiger partial charge in [0.15, 0.2) is 11.5 Å². The first-order valence-corrected chi connectivity index (χ1v) is 10.00. The lowest BCUT2D eigenvalue weighted by molar-refractivity contribution is -0.117. The maximum Gasteiger partial charge on any atom is 0.244 e. The summed E-state index contributed by atoms with van der Waals surface area (Å²) in [6, 6.07) is 6.01. The monoisotopic (exact) mass is 443 g/mol. The molecule has 2 rings (SSSR count). The molecule has 1 fully saturated rings. The normalized spacial score (nSPS) is 20.8. The first-order chi connectivity index (χ1) is 11.6. The number of halogens is 1. The summed E-state index contributed by atoms with van der Waals surface area (Å²) in [5, 5.41) is 3.10. The highest BCUT2D eigenvalue weighted by molar-refractivity contribution is 14.1. The van der Waals surface area contributed by atoms with Crippen LogP contribution >= 0.6 is 22.6 Å². The number of rotatable bonds is 7. The Morgan fingerprint density at radius 1 is 1.29 bits per heavy atom. The van der Waals surface area contributed by atoms with Crippen LogP contribution in [0.5, 0.6) is 11.5 Å². The van der Waals surface area contributed by atoms with Crippen LogP contribution in [-0.2, 0) is 4.79 Å². The van der Waals surface area contributed by atoms with E-state index in [4.69, 9.17) is 9.47 Å². The number of hydrogen-bond acceptors (Lipinski definition) is 3. The highest BCUT2D eigenvalue weighted by atomic mass is 127. The van der Waals surface area contributed by atoms with Crippen molar-refractivity contribution >= 4 is 34.6 Å². The van der Waals surface area contributed by atoms with Crippen LogP contribution in [0, 0.1) is 5.92 Å². The average Bonchev–Trinajstić information content (AvgIpc) is 2.60. The Morgan fingerprint density at radius 2 is 2.04 bits per heavy atom. The van der Waals surface area contributed by atoms with Gasteiger partial charge in [-0.15, -0.1) is 0 Å². The van der Waals surface area contributed by atoms with Crippen LogP contribution in [0.2, 0.25) is 0 Å². The summed E-state index contributed by atoms with van der Waals surface area (Å²) in [6.45, 7) is 2.92. The lowest BCUT2D eigenvalue weighted by Crippen LogP contribution is -2.36. The number of benzene rings is 1. The van der Waals surface area contributed by atoms with Gasteiger partial charge >= 0.3 is 0 Å². The molecule has 0 spiro atoms. The molecular weight excluding hydrogens is 417 g/mol. The molecule has 1 aliphatic rings. The van der Waals surface area contributed by atoms with Gasteiger partial charge in [-0.05, 0) is 55.4 Å². The first kappa shape index (κ1) is 19.1. The average molecular weight is 443 g/mol. The quantitative estimate of drug-likeness (QED) is 0.390. The van der Waals surface area contributed by atoms with E-state index in [-0.39, 0.29) is 5.91 Å². The Balaban J connectivity index is 1.91. The number of carbonyl (C=O) groups excluding carboxylic acids is 1. The Bertz CT molecular complexity index is 566. The molecule has 5 heteroatoms. The van der Waals surface area contributed by atoms with Crippen molar-refractivity contribution in [3.8, 4) is 11.5 Å². The topological polar surface area (TPSA) is 47.6 Å². The second kappa shape index (κ2) is 9.91. The predicted molar refractivity (Wildman–Crippen MR) is 106 cm³/mol. The Labute approximate surface area is 158 Å². The van der Waals surface area contributed by atoms with Gasteiger partial charge in [0.05, 0.1) is 13.7 Å². The van der Waals surface area contributed by atoms with Crippen molar-refractivity contribution in [3.05, 3.63) is 29.8 Å². The Kier molecular flexibility index (Phi) is 7.88. The molecule has 0 atom stereocenters. The molecule has 1 aromatic rings. The van der Waals surface area contributed by atoms with E-state index < -0.39 is 0 Å². The molecule has 0 saturated heterocycles. The predicted octanol–water partition coefficient (Wildman–Crippen LogP) is 4.22. The smallest absolute Gasteiger partial charge is 0.244 e. The van der Waals surface area contributed by atoms with E-state index in [2.05, 4.69) is 34.8 Å². The number of carbonyl (C=O) groups is 1. The zero-order valence-corrected chi connectivity index (χ0v) is 16.5. The maximum atomic E-state index is 12.1. The van der Waals surface area contributed by atoms with Crippen LogP contribution in [-0.4, -0.2) is 30.1 Å². The third kappa shape index (κ3) is 6.00. The minimum Gasteiger partial charge on any atom is -0.493 e. The lowest BCUT2D eigenvalue weighted by atomic mass is 9.87. The van der Waals surface area contributed by atoms with E-state index in [1.165, 1.54) is 12.8 Å². The molecule has 1 aromatic carbocycles. The summed E-state index contributed by atoms with van der Waals surface area (Å²) in [7, 11) is 1.62. The van der Waals surface area contributed by atoms with Crippen LogP contribution in [0.15, 0.2) is 24.3 Å². The van der Waals surface area contributed by atoms with Gasteiger partial charge in [-0.2, -0.15) is 0 Å². The van der Waals surface area contributed by atoms with Gasteiger partial charge in [0.25, 0.3) is 0 Å². The fourth-order valence-corrected chi connectivity index (χ4v) is 3.10. The molecular formula is C19H26INO3. The van der Waals surface area contributed by atoms with E-state index >= 15 is 0 Å². The summed E-state index contributed by atoms with van der Waals surface area (Å²) in [5.74, 6) is 2.17. The summed E-state index contributed by atoms with van der Waals surface area (Å²) in [5.41, 5.74) is 0.918. The van der Waals surface area contributed by atoms with Gasteiger partial charge in [-0.1, -0.05) is 35.6 Å². The van der Waals surface area contributed by atoms with Crippen LogP contribution < -0.4 is 14.8 Å². The molecule has 132 valence electrons. The molecule has 0 radical (unpaired) electrons. The second-order valence-electron chi connectivity index (χ2n) is 6.25. The molecule has 0 aliphatic heterocycles. The molecule has 1 amide bonds. The highest BCUT2D eigenvalue weighted by Gasteiger charge is 2.18. The van der Waals surface area contributed by atoms with Gasteiger partial charge in [0, 0.05) is 16.5 Å². The molecule has 0 bridgehead atoms. The first-order valence-electron chi connectivity index (χ1n) is 8.47. The number of ether oxygens (including phenoxy) is 2. The SMILES string of the molecule is COc1cc(C=CC(=O)N[C@H]2CC[C@H](C)CC2)ccc1OCCI. The highest BCUT2D eigenvalue weighted by Crippen LogP contribution is 2.28. The standard InChI is InChI=1S/C19H26INO3/c1-14-3-7-16(8-4-14)21-19(22)10-6-15-5-9-17(24-12-11-20)18(13-15)23-2/h5-6,9-10,13-14,16H,3-4,7-8,11-12H2,1-2H3,(H,21,22)/t14-,16-. The van der Waals surface area contributed by atoms with Crippen molar-refractivity contribution in [3.63, 3.8) is 0 Å². The summed E-state index contributed by atoms with van der Waals surface area (Å²) < 4.78 is 11.9. The molecule has 1 aliphatic carbocycles. The van der Waals surface area contributed by atoms with Crippen molar-refractivity contribution in [2.24, 2.45) is 5.92 Å². The summed E-state index contributed by atoms with van der Waals surface area (Å²) in [4.78, 5) is 12.1. The maximum absolute atomic E-state index is 12.1. The van der Waals surface area contributed by atoms with Gasteiger partial charge in [0.2, 0.25) is 5.91 Å². The second-order valence-corrected chi connectivity index (χ2v) is 7.33.